The third-order valence-electron chi connectivity index (χ3n) is 2.59. The number of methoxy groups -OCH3 is 1. The van der Waals surface area contributed by atoms with Crippen LogP contribution in [0, 0.1) is 0 Å². The van der Waals surface area contributed by atoms with Gasteiger partial charge in [0, 0.05) is 22.9 Å². The maximum absolute atomic E-state index is 5.26. The summed E-state index contributed by atoms with van der Waals surface area (Å²) in [7, 11) is 1.70. The summed E-state index contributed by atoms with van der Waals surface area (Å²) in [6.45, 7) is 5.35. The lowest BCUT2D eigenvalue weighted by Crippen LogP contribution is -2.26. The largest absolute Gasteiger partial charge is 0.497 e. The molecule has 0 amide bonds. The summed E-state index contributed by atoms with van der Waals surface area (Å²) in [6.07, 6.45) is 1.18. The van der Waals surface area contributed by atoms with Crippen molar-refractivity contribution in [3.8, 4) is 5.75 Å². The lowest BCUT2D eigenvalue weighted by atomic mass is 10.2. The normalized spacial score (nSPS) is 10.9. The SMILES string of the molecule is CCCN(CCBr)Cc1cc(OC)ccc1Br. The first-order chi connectivity index (χ1) is 8.21. The molecule has 17 heavy (non-hydrogen) atoms. The van der Waals surface area contributed by atoms with Gasteiger partial charge in [0.15, 0.2) is 0 Å². The van der Waals surface area contributed by atoms with Crippen LogP contribution in [-0.4, -0.2) is 30.4 Å². The van der Waals surface area contributed by atoms with Gasteiger partial charge >= 0.3 is 0 Å². The van der Waals surface area contributed by atoms with Crippen LogP contribution in [-0.2, 0) is 6.54 Å². The van der Waals surface area contributed by atoms with Crippen molar-refractivity contribution in [3.63, 3.8) is 0 Å². The van der Waals surface area contributed by atoms with E-state index in [4.69, 9.17) is 4.74 Å². The van der Waals surface area contributed by atoms with E-state index in [2.05, 4.69) is 49.7 Å². The van der Waals surface area contributed by atoms with Gasteiger partial charge in [0.25, 0.3) is 0 Å². The fourth-order valence-electron chi connectivity index (χ4n) is 1.75. The van der Waals surface area contributed by atoms with Crippen molar-refractivity contribution in [2.45, 2.75) is 19.9 Å². The molecule has 2 nitrogen and oxygen atoms in total. The number of hydrogen-bond donors (Lipinski definition) is 0. The first-order valence-corrected chi connectivity index (χ1v) is 7.73. The van der Waals surface area contributed by atoms with Gasteiger partial charge in [0.1, 0.15) is 5.75 Å². The van der Waals surface area contributed by atoms with Crippen molar-refractivity contribution in [1.82, 2.24) is 4.90 Å². The number of halogens is 2. The lowest BCUT2D eigenvalue weighted by Gasteiger charge is -2.21. The fourth-order valence-corrected chi connectivity index (χ4v) is 2.62. The van der Waals surface area contributed by atoms with Gasteiger partial charge in [-0.25, -0.2) is 0 Å². The molecule has 1 aromatic carbocycles. The summed E-state index contributed by atoms with van der Waals surface area (Å²) in [5.74, 6) is 0.915. The van der Waals surface area contributed by atoms with Gasteiger partial charge in [-0.05, 0) is 36.7 Å². The topological polar surface area (TPSA) is 12.5 Å². The highest BCUT2D eigenvalue weighted by molar-refractivity contribution is 9.10. The van der Waals surface area contributed by atoms with E-state index in [-0.39, 0.29) is 0 Å². The maximum Gasteiger partial charge on any atom is 0.119 e. The first-order valence-electron chi connectivity index (χ1n) is 5.82. The summed E-state index contributed by atoms with van der Waals surface area (Å²) in [4.78, 5) is 2.44. The second-order valence-corrected chi connectivity index (χ2v) is 5.57. The van der Waals surface area contributed by atoms with Crippen molar-refractivity contribution in [2.24, 2.45) is 0 Å². The molecule has 0 aromatic heterocycles. The Morgan fingerprint density at radius 3 is 2.65 bits per heavy atom. The Balaban J connectivity index is 2.76. The average Bonchev–Trinajstić information content (AvgIpc) is 2.32. The Labute approximate surface area is 121 Å². The molecule has 0 fully saturated rings. The molecule has 4 heteroatoms. The number of alkyl halides is 1. The molecule has 0 aliphatic rings. The quantitative estimate of drug-likeness (QED) is 0.676. The van der Waals surface area contributed by atoms with Crippen molar-refractivity contribution < 1.29 is 4.74 Å². The van der Waals surface area contributed by atoms with E-state index < -0.39 is 0 Å². The molecule has 0 atom stereocenters. The summed E-state index contributed by atoms with van der Waals surface area (Å²) < 4.78 is 6.41. The van der Waals surface area contributed by atoms with Gasteiger partial charge < -0.3 is 4.74 Å². The van der Waals surface area contributed by atoms with E-state index in [0.717, 1.165) is 35.2 Å². The Bertz CT molecular complexity index is 338. The van der Waals surface area contributed by atoms with E-state index in [1.165, 1.54) is 12.0 Å². The van der Waals surface area contributed by atoms with E-state index in [1.807, 2.05) is 12.1 Å². The van der Waals surface area contributed by atoms with E-state index >= 15 is 0 Å². The molecule has 0 unspecified atom stereocenters. The Morgan fingerprint density at radius 1 is 1.29 bits per heavy atom. The summed E-state index contributed by atoms with van der Waals surface area (Å²) in [5, 5.41) is 1.01. The molecule has 0 spiro atoms. The van der Waals surface area contributed by atoms with Crippen LogP contribution in [0.25, 0.3) is 0 Å². The zero-order valence-electron chi connectivity index (χ0n) is 10.4. The van der Waals surface area contributed by atoms with Gasteiger partial charge in [-0.2, -0.15) is 0 Å². The summed E-state index contributed by atoms with van der Waals surface area (Å²) in [5.41, 5.74) is 1.28. The Morgan fingerprint density at radius 2 is 2.06 bits per heavy atom. The number of rotatable bonds is 7. The van der Waals surface area contributed by atoms with Crippen LogP contribution in [0.3, 0.4) is 0 Å². The maximum atomic E-state index is 5.26. The zero-order chi connectivity index (χ0) is 12.7. The molecule has 1 rings (SSSR count). The minimum Gasteiger partial charge on any atom is -0.497 e. The van der Waals surface area contributed by atoms with Gasteiger partial charge in [0.2, 0.25) is 0 Å². The molecular formula is C13H19Br2NO. The van der Waals surface area contributed by atoms with E-state index in [0.29, 0.717) is 0 Å². The van der Waals surface area contributed by atoms with Crippen LogP contribution >= 0.6 is 31.9 Å². The second kappa shape index (κ2) is 8.11. The molecule has 0 radical (unpaired) electrons. The van der Waals surface area contributed by atoms with Crippen LogP contribution in [0.4, 0.5) is 0 Å². The average molecular weight is 365 g/mol. The minimum atomic E-state index is 0.915. The lowest BCUT2D eigenvalue weighted by molar-refractivity contribution is 0.282. The smallest absolute Gasteiger partial charge is 0.119 e. The Hall–Kier alpha value is -0.0600. The standard InChI is InChI=1S/C13H19Br2NO/c1-3-7-16(8-6-14)10-11-9-12(17-2)4-5-13(11)15/h4-5,9H,3,6-8,10H2,1-2H3. The minimum absolute atomic E-state index is 0.915. The molecule has 0 N–H and O–H groups in total. The molecule has 0 bridgehead atoms. The molecular weight excluding hydrogens is 346 g/mol. The van der Waals surface area contributed by atoms with Gasteiger partial charge in [-0.1, -0.05) is 38.8 Å². The summed E-state index contributed by atoms with van der Waals surface area (Å²) >= 11 is 7.10. The highest BCUT2D eigenvalue weighted by atomic mass is 79.9. The number of nitrogens with zero attached hydrogens (tertiary/aromatic N) is 1. The van der Waals surface area contributed by atoms with E-state index in [9.17, 15) is 0 Å². The molecule has 0 heterocycles. The number of benzene rings is 1. The van der Waals surface area contributed by atoms with Crippen LogP contribution < -0.4 is 4.74 Å². The molecule has 0 aliphatic carbocycles. The third kappa shape index (κ3) is 4.98. The highest BCUT2D eigenvalue weighted by Crippen LogP contribution is 2.23. The first kappa shape index (κ1) is 15.0. The monoisotopic (exact) mass is 363 g/mol. The van der Waals surface area contributed by atoms with Crippen LogP contribution in [0.5, 0.6) is 5.75 Å². The molecule has 1 aromatic rings. The fraction of sp³-hybridized carbons (Fsp3) is 0.538. The second-order valence-electron chi connectivity index (χ2n) is 3.92. The molecule has 96 valence electrons. The van der Waals surface area contributed by atoms with Crippen molar-refractivity contribution in [1.29, 1.82) is 0 Å². The molecule has 0 aliphatic heterocycles. The molecule has 0 saturated heterocycles. The van der Waals surface area contributed by atoms with E-state index in [1.54, 1.807) is 7.11 Å². The number of hydrogen-bond acceptors (Lipinski definition) is 2. The predicted molar refractivity (Wildman–Crippen MR) is 80.1 cm³/mol. The zero-order valence-corrected chi connectivity index (χ0v) is 13.6. The van der Waals surface area contributed by atoms with Crippen molar-refractivity contribution in [2.75, 3.05) is 25.5 Å². The van der Waals surface area contributed by atoms with Gasteiger partial charge in [-0.3, -0.25) is 4.90 Å². The predicted octanol–water partition coefficient (Wildman–Crippen LogP) is 4.06. The summed E-state index contributed by atoms with van der Waals surface area (Å²) in [6, 6.07) is 6.12. The third-order valence-corrected chi connectivity index (χ3v) is 3.72. The van der Waals surface area contributed by atoms with Crippen molar-refractivity contribution in [3.05, 3.63) is 28.2 Å². The van der Waals surface area contributed by atoms with Crippen molar-refractivity contribution >= 4 is 31.9 Å². The van der Waals surface area contributed by atoms with Gasteiger partial charge in [-0.15, -0.1) is 0 Å². The molecule has 0 saturated carbocycles. The Kier molecular flexibility index (Phi) is 7.16. The van der Waals surface area contributed by atoms with Crippen LogP contribution in [0.15, 0.2) is 22.7 Å². The number of ether oxygens (including phenoxy) is 1. The van der Waals surface area contributed by atoms with Crippen LogP contribution in [0.2, 0.25) is 0 Å². The highest BCUT2D eigenvalue weighted by Gasteiger charge is 2.08. The van der Waals surface area contributed by atoms with Crippen LogP contribution in [0.1, 0.15) is 18.9 Å². The van der Waals surface area contributed by atoms with Gasteiger partial charge in [0.05, 0.1) is 7.11 Å².